The van der Waals surface area contributed by atoms with Crippen molar-refractivity contribution in [1.29, 1.82) is 0 Å². The Kier molecular flexibility index (Phi) is 5.44. The molecule has 1 saturated heterocycles. The number of benzene rings is 1. The third-order valence-electron chi connectivity index (χ3n) is 4.42. The Balaban J connectivity index is 1.57. The Bertz CT molecular complexity index is 879. The van der Waals surface area contributed by atoms with Crippen LogP contribution in [0.3, 0.4) is 0 Å². The van der Waals surface area contributed by atoms with Gasteiger partial charge in [-0.15, -0.1) is 0 Å². The second kappa shape index (κ2) is 7.94. The molecule has 0 unspecified atom stereocenters. The summed E-state index contributed by atoms with van der Waals surface area (Å²) in [4.78, 5) is 41.0. The standard InChI is InChI=1S/C19H18FN3O4/c20-14-5-2-1-4-13(14)18(25)23-10-8-12(9-11-23)21-17(24)15-6-3-7-16(22-15)19(26)27/h1-7,12H,8-11H2,(H,21,24)(H,26,27). The first-order valence-corrected chi connectivity index (χ1v) is 8.50. The second-order valence-corrected chi connectivity index (χ2v) is 6.23. The van der Waals surface area contributed by atoms with E-state index in [1.807, 2.05) is 0 Å². The molecule has 3 rings (SSSR count). The normalized spacial score (nSPS) is 14.6. The number of likely N-dealkylation sites (tertiary alicyclic amines) is 1. The molecule has 0 aliphatic carbocycles. The maximum atomic E-state index is 13.8. The maximum absolute atomic E-state index is 13.8. The van der Waals surface area contributed by atoms with Gasteiger partial charge in [0.15, 0.2) is 0 Å². The van der Waals surface area contributed by atoms with Crippen molar-refractivity contribution in [2.24, 2.45) is 0 Å². The number of hydrogen-bond donors (Lipinski definition) is 2. The van der Waals surface area contributed by atoms with E-state index in [2.05, 4.69) is 10.3 Å². The monoisotopic (exact) mass is 371 g/mol. The molecule has 0 radical (unpaired) electrons. The zero-order valence-corrected chi connectivity index (χ0v) is 14.4. The number of aromatic carboxylic acids is 1. The van der Waals surface area contributed by atoms with Crippen LogP contribution < -0.4 is 5.32 Å². The average Bonchev–Trinajstić information content (AvgIpc) is 2.68. The lowest BCUT2D eigenvalue weighted by atomic mass is 10.0. The molecule has 1 fully saturated rings. The Labute approximate surface area is 154 Å². The molecule has 2 N–H and O–H groups in total. The second-order valence-electron chi connectivity index (χ2n) is 6.23. The van der Waals surface area contributed by atoms with Gasteiger partial charge in [0.1, 0.15) is 17.2 Å². The first kappa shape index (κ1) is 18.5. The van der Waals surface area contributed by atoms with Gasteiger partial charge in [0.2, 0.25) is 0 Å². The molecule has 0 saturated carbocycles. The molecule has 7 nitrogen and oxygen atoms in total. The van der Waals surface area contributed by atoms with Crippen molar-refractivity contribution in [2.75, 3.05) is 13.1 Å². The lowest BCUT2D eigenvalue weighted by Crippen LogP contribution is -2.46. The van der Waals surface area contributed by atoms with Gasteiger partial charge in [-0.1, -0.05) is 18.2 Å². The molecule has 140 valence electrons. The van der Waals surface area contributed by atoms with E-state index in [4.69, 9.17) is 5.11 Å². The number of nitrogens with zero attached hydrogens (tertiary/aromatic N) is 2. The molecule has 0 atom stereocenters. The quantitative estimate of drug-likeness (QED) is 0.856. The molecule has 2 amide bonds. The van der Waals surface area contributed by atoms with Crippen LogP contribution in [0.1, 0.15) is 44.2 Å². The number of rotatable bonds is 4. The molecule has 0 bridgehead atoms. The average molecular weight is 371 g/mol. The summed E-state index contributed by atoms with van der Waals surface area (Å²) in [6, 6.07) is 9.89. The minimum atomic E-state index is -1.20. The van der Waals surface area contributed by atoms with E-state index in [-0.39, 0.29) is 28.9 Å². The minimum Gasteiger partial charge on any atom is -0.477 e. The number of carboxylic acids is 1. The molecule has 0 spiro atoms. The topological polar surface area (TPSA) is 99.6 Å². The fraction of sp³-hybridized carbons (Fsp3) is 0.263. The summed E-state index contributed by atoms with van der Waals surface area (Å²) in [7, 11) is 0. The van der Waals surface area contributed by atoms with Crippen LogP contribution in [0.25, 0.3) is 0 Å². The third kappa shape index (κ3) is 4.28. The van der Waals surface area contributed by atoms with Gasteiger partial charge in [0.25, 0.3) is 11.8 Å². The van der Waals surface area contributed by atoms with E-state index in [1.165, 1.54) is 36.4 Å². The molecule has 1 aromatic heterocycles. The highest BCUT2D eigenvalue weighted by molar-refractivity contribution is 5.95. The highest BCUT2D eigenvalue weighted by Gasteiger charge is 2.26. The Morgan fingerprint density at radius 3 is 2.37 bits per heavy atom. The van der Waals surface area contributed by atoms with E-state index in [0.717, 1.165) is 0 Å². The van der Waals surface area contributed by atoms with Gasteiger partial charge in [-0.2, -0.15) is 0 Å². The fourth-order valence-electron chi connectivity index (χ4n) is 2.97. The SMILES string of the molecule is O=C(O)c1cccc(C(=O)NC2CCN(C(=O)c3ccccc3F)CC2)n1. The summed E-state index contributed by atoms with van der Waals surface area (Å²) < 4.78 is 13.8. The molecular formula is C19H18FN3O4. The van der Waals surface area contributed by atoms with E-state index >= 15 is 0 Å². The molecule has 1 aliphatic heterocycles. The number of carbonyl (C=O) groups excluding carboxylic acids is 2. The summed E-state index contributed by atoms with van der Waals surface area (Å²) in [5, 5.41) is 11.8. The lowest BCUT2D eigenvalue weighted by Gasteiger charge is -2.32. The van der Waals surface area contributed by atoms with Crippen molar-refractivity contribution in [2.45, 2.75) is 18.9 Å². The number of pyridine rings is 1. The summed E-state index contributed by atoms with van der Waals surface area (Å²) in [6.07, 6.45) is 1.04. The van der Waals surface area contributed by atoms with Crippen molar-refractivity contribution in [3.8, 4) is 0 Å². The predicted molar refractivity (Wildman–Crippen MR) is 94.0 cm³/mol. The van der Waals surface area contributed by atoms with Gasteiger partial charge in [0.05, 0.1) is 5.56 Å². The van der Waals surface area contributed by atoms with Crippen molar-refractivity contribution < 1.29 is 23.9 Å². The molecule has 8 heteroatoms. The number of amides is 2. The summed E-state index contributed by atoms with van der Waals surface area (Å²) in [6.45, 7) is 0.779. The lowest BCUT2D eigenvalue weighted by molar-refractivity contribution is 0.0684. The number of carboxylic acid groups (broad SMARTS) is 1. The van der Waals surface area contributed by atoms with Crippen LogP contribution in [0.4, 0.5) is 4.39 Å². The van der Waals surface area contributed by atoms with Gasteiger partial charge in [-0.25, -0.2) is 14.2 Å². The zero-order valence-electron chi connectivity index (χ0n) is 14.4. The molecule has 27 heavy (non-hydrogen) atoms. The largest absolute Gasteiger partial charge is 0.477 e. The minimum absolute atomic E-state index is 0.0276. The van der Waals surface area contributed by atoms with Gasteiger partial charge in [-0.05, 0) is 37.1 Å². The highest BCUT2D eigenvalue weighted by atomic mass is 19.1. The summed E-state index contributed by atoms with van der Waals surface area (Å²) >= 11 is 0. The maximum Gasteiger partial charge on any atom is 0.354 e. The van der Waals surface area contributed by atoms with Crippen molar-refractivity contribution in [3.63, 3.8) is 0 Å². The van der Waals surface area contributed by atoms with E-state index < -0.39 is 17.7 Å². The summed E-state index contributed by atoms with van der Waals surface area (Å²) in [5.74, 6) is -2.59. The highest BCUT2D eigenvalue weighted by Crippen LogP contribution is 2.16. The number of piperidine rings is 1. The van der Waals surface area contributed by atoms with Gasteiger partial charge in [-0.3, -0.25) is 9.59 Å². The number of nitrogens with one attached hydrogen (secondary N) is 1. The van der Waals surface area contributed by atoms with Gasteiger partial charge >= 0.3 is 5.97 Å². The van der Waals surface area contributed by atoms with Crippen LogP contribution in [-0.4, -0.2) is 51.9 Å². The van der Waals surface area contributed by atoms with Crippen LogP contribution in [0.15, 0.2) is 42.5 Å². The van der Waals surface area contributed by atoms with Crippen LogP contribution >= 0.6 is 0 Å². The zero-order chi connectivity index (χ0) is 19.4. The Morgan fingerprint density at radius 2 is 1.70 bits per heavy atom. The van der Waals surface area contributed by atoms with E-state index in [0.29, 0.717) is 25.9 Å². The van der Waals surface area contributed by atoms with Crippen LogP contribution in [0, 0.1) is 5.82 Å². The Morgan fingerprint density at radius 1 is 1.04 bits per heavy atom. The van der Waals surface area contributed by atoms with E-state index in [1.54, 1.807) is 11.0 Å². The van der Waals surface area contributed by atoms with E-state index in [9.17, 15) is 18.8 Å². The molecule has 2 heterocycles. The van der Waals surface area contributed by atoms with Gasteiger partial charge in [0, 0.05) is 19.1 Å². The number of aromatic nitrogens is 1. The number of halogens is 1. The smallest absolute Gasteiger partial charge is 0.354 e. The Hall–Kier alpha value is -3.29. The van der Waals surface area contributed by atoms with Crippen molar-refractivity contribution in [1.82, 2.24) is 15.2 Å². The van der Waals surface area contributed by atoms with Crippen molar-refractivity contribution >= 4 is 17.8 Å². The third-order valence-corrected chi connectivity index (χ3v) is 4.42. The van der Waals surface area contributed by atoms with Crippen LogP contribution in [-0.2, 0) is 0 Å². The molecular weight excluding hydrogens is 353 g/mol. The molecule has 1 aliphatic rings. The fourth-order valence-corrected chi connectivity index (χ4v) is 2.97. The first-order chi connectivity index (χ1) is 13.0. The van der Waals surface area contributed by atoms with Crippen LogP contribution in [0.5, 0.6) is 0 Å². The predicted octanol–water partition coefficient (Wildman–Crippen LogP) is 1.95. The van der Waals surface area contributed by atoms with Crippen LogP contribution in [0.2, 0.25) is 0 Å². The number of carbonyl (C=O) groups is 3. The molecule has 2 aromatic rings. The first-order valence-electron chi connectivity index (χ1n) is 8.50. The number of hydrogen-bond acceptors (Lipinski definition) is 4. The summed E-state index contributed by atoms with van der Waals surface area (Å²) in [5.41, 5.74) is -0.137. The van der Waals surface area contributed by atoms with Gasteiger partial charge < -0.3 is 15.3 Å². The molecule has 1 aromatic carbocycles. The van der Waals surface area contributed by atoms with Crippen molar-refractivity contribution in [3.05, 3.63) is 65.2 Å².